The van der Waals surface area contributed by atoms with Crippen molar-refractivity contribution in [3.05, 3.63) is 29.3 Å². The molecule has 0 radical (unpaired) electrons. The molecule has 116 valence electrons. The summed E-state index contributed by atoms with van der Waals surface area (Å²) in [4.78, 5) is 2.60. The van der Waals surface area contributed by atoms with Crippen LogP contribution in [0, 0.1) is 12.8 Å². The Balaban J connectivity index is 1.51. The molecular weight excluding hydrogens is 260 g/mol. The second kappa shape index (κ2) is 6.80. The summed E-state index contributed by atoms with van der Waals surface area (Å²) in [6, 6.07) is 7.37. The van der Waals surface area contributed by atoms with Gasteiger partial charge in [0.1, 0.15) is 5.75 Å². The number of nitrogens with zero attached hydrogens (tertiary/aromatic N) is 1. The van der Waals surface area contributed by atoms with Crippen LogP contribution in [0.1, 0.15) is 36.8 Å². The lowest BCUT2D eigenvalue weighted by Gasteiger charge is -2.35. The Morgan fingerprint density at radius 2 is 2.05 bits per heavy atom. The van der Waals surface area contributed by atoms with Gasteiger partial charge in [-0.2, -0.15) is 0 Å². The average molecular weight is 288 g/mol. The number of hydrogen-bond donors (Lipinski definition) is 1. The van der Waals surface area contributed by atoms with Crippen molar-refractivity contribution >= 4 is 0 Å². The molecular formula is C18H28N2O. The smallest absolute Gasteiger partial charge is 0.121 e. The fourth-order valence-electron chi connectivity index (χ4n) is 3.92. The van der Waals surface area contributed by atoms with Gasteiger partial charge in [0.2, 0.25) is 0 Å². The van der Waals surface area contributed by atoms with E-state index in [1.165, 1.54) is 56.4 Å². The van der Waals surface area contributed by atoms with Crippen LogP contribution in [-0.4, -0.2) is 37.7 Å². The minimum Gasteiger partial charge on any atom is -0.496 e. The maximum atomic E-state index is 5.34. The zero-order chi connectivity index (χ0) is 14.7. The topological polar surface area (TPSA) is 24.5 Å². The van der Waals surface area contributed by atoms with Gasteiger partial charge in [0.05, 0.1) is 7.11 Å². The molecule has 1 N–H and O–H groups in total. The molecule has 2 saturated heterocycles. The van der Waals surface area contributed by atoms with Crippen molar-refractivity contribution in [2.75, 3.05) is 26.7 Å². The van der Waals surface area contributed by atoms with Crippen LogP contribution < -0.4 is 10.1 Å². The van der Waals surface area contributed by atoms with E-state index in [-0.39, 0.29) is 0 Å². The monoisotopic (exact) mass is 288 g/mol. The van der Waals surface area contributed by atoms with E-state index in [0.717, 1.165) is 24.3 Å². The molecule has 3 heteroatoms. The molecule has 0 spiro atoms. The maximum absolute atomic E-state index is 5.34. The number of ether oxygens (including phenoxy) is 1. The minimum absolute atomic E-state index is 0.801. The van der Waals surface area contributed by atoms with Gasteiger partial charge in [-0.15, -0.1) is 0 Å². The molecule has 0 bridgehead atoms. The van der Waals surface area contributed by atoms with Crippen LogP contribution >= 0.6 is 0 Å². The van der Waals surface area contributed by atoms with Gasteiger partial charge in [-0.25, -0.2) is 0 Å². The Morgan fingerprint density at radius 3 is 2.67 bits per heavy atom. The first-order chi connectivity index (χ1) is 10.3. The highest BCUT2D eigenvalue weighted by molar-refractivity contribution is 5.36. The number of benzene rings is 1. The molecule has 1 aromatic rings. The van der Waals surface area contributed by atoms with Crippen LogP contribution in [0.5, 0.6) is 5.75 Å². The van der Waals surface area contributed by atoms with E-state index in [1.54, 1.807) is 7.11 Å². The molecule has 1 unspecified atom stereocenters. The average Bonchev–Trinajstić information content (AvgIpc) is 3.02. The summed E-state index contributed by atoms with van der Waals surface area (Å²) in [5, 5.41) is 3.68. The molecule has 0 aromatic heterocycles. The lowest BCUT2D eigenvalue weighted by molar-refractivity contribution is 0.157. The van der Waals surface area contributed by atoms with Gasteiger partial charge < -0.3 is 10.1 Å². The van der Waals surface area contributed by atoms with E-state index in [1.807, 2.05) is 0 Å². The SMILES string of the molecule is COc1ccc(CN2CCC(C3CCCN3)CC2)cc1C. The van der Waals surface area contributed by atoms with Gasteiger partial charge in [-0.3, -0.25) is 4.90 Å². The molecule has 0 amide bonds. The van der Waals surface area contributed by atoms with Crippen LogP contribution in [0.3, 0.4) is 0 Å². The second-order valence-corrected chi connectivity index (χ2v) is 6.62. The summed E-state index contributed by atoms with van der Waals surface area (Å²) >= 11 is 0. The summed E-state index contributed by atoms with van der Waals surface area (Å²) < 4.78 is 5.34. The van der Waals surface area contributed by atoms with E-state index in [0.29, 0.717) is 0 Å². The molecule has 2 aliphatic heterocycles. The standard InChI is InChI=1S/C18H28N2O/c1-14-12-15(5-6-18(14)21-2)13-20-10-7-16(8-11-20)17-4-3-9-19-17/h5-6,12,16-17,19H,3-4,7-11,13H2,1-2H3. The second-order valence-electron chi connectivity index (χ2n) is 6.62. The van der Waals surface area contributed by atoms with Gasteiger partial charge in [0.25, 0.3) is 0 Å². The third-order valence-electron chi connectivity index (χ3n) is 5.17. The molecule has 2 fully saturated rings. The van der Waals surface area contributed by atoms with E-state index >= 15 is 0 Å². The first-order valence-corrected chi connectivity index (χ1v) is 8.35. The quantitative estimate of drug-likeness (QED) is 0.922. The van der Waals surface area contributed by atoms with Crippen molar-refractivity contribution in [1.29, 1.82) is 0 Å². The maximum Gasteiger partial charge on any atom is 0.121 e. The van der Waals surface area contributed by atoms with E-state index in [4.69, 9.17) is 4.74 Å². The third kappa shape index (κ3) is 3.58. The first kappa shape index (κ1) is 14.9. The van der Waals surface area contributed by atoms with Crippen LogP contribution in [0.4, 0.5) is 0 Å². The number of rotatable bonds is 4. The Bertz CT molecular complexity index is 460. The Kier molecular flexibility index (Phi) is 4.81. The van der Waals surface area contributed by atoms with Crippen LogP contribution in [0.2, 0.25) is 0 Å². The van der Waals surface area contributed by atoms with Crippen molar-refractivity contribution in [3.63, 3.8) is 0 Å². The first-order valence-electron chi connectivity index (χ1n) is 8.35. The predicted molar refractivity (Wildman–Crippen MR) is 86.8 cm³/mol. The molecule has 1 atom stereocenters. The molecule has 0 aliphatic carbocycles. The molecule has 3 rings (SSSR count). The van der Waals surface area contributed by atoms with E-state index in [2.05, 4.69) is 35.3 Å². The Morgan fingerprint density at radius 1 is 1.24 bits per heavy atom. The molecule has 2 aliphatic rings. The van der Waals surface area contributed by atoms with E-state index < -0.39 is 0 Å². The summed E-state index contributed by atoms with van der Waals surface area (Å²) in [5.74, 6) is 1.89. The highest BCUT2D eigenvalue weighted by Crippen LogP contribution is 2.27. The van der Waals surface area contributed by atoms with Crippen molar-refractivity contribution < 1.29 is 4.74 Å². The fraction of sp³-hybridized carbons (Fsp3) is 0.667. The lowest BCUT2D eigenvalue weighted by Crippen LogP contribution is -2.40. The van der Waals surface area contributed by atoms with Crippen LogP contribution in [0.15, 0.2) is 18.2 Å². The Labute approximate surface area is 128 Å². The zero-order valence-corrected chi connectivity index (χ0v) is 13.4. The van der Waals surface area contributed by atoms with Crippen molar-refractivity contribution in [3.8, 4) is 5.75 Å². The van der Waals surface area contributed by atoms with Gasteiger partial charge in [0, 0.05) is 12.6 Å². The molecule has 2 heterocycles. The number of piperidine rings is 1. The molecule has 1 aromatic carbocycles. The van der Waals surface area contributed by atoms with E-state index in [9.17, 15) is 0 Å². The lowest BCUT2D eigenvalue weighted by atomic mass is 9.88. The number of hydrogen-bond acceptors (Lipinski definition) is 3. The van der Waals surface area contributed by atoms with Crippen LogP contribution in [0.25, 0.3) is 0 Å². The summed E-state index contributed by atoms with van der Waals surface area (Å²) in [6.45, 7) is 6.92. The van der Waals surface area contributed by atoms with Gasteiger partial charge in [0.15, 0.2) is 0 Å². The van der Waals surface area contributed by atoms with Gasteiger partial charge in [-0.05, 0) is 75.4 Å². The number of methoxy groups -OCH3 is 1. The highest BCUT2D eigenvalue weighted by Gasteiger charge is 2.28. The number of nitrogens with one attached hydrogen (secondary N) is 1. The summed E-state index contributed by atoms with van der Waals surface area (Å²) in [5.41, 5.74) is 2.64. The highest BCUT2D eigenvalue weighted by atomic mass is 16.5. The molecule has 0 saturated carbocycles. The number of likely N-dealkylation sites (tertiary alicyclic amines) is 1. The fourth-order valence-corrected chi connectivity index (χ4v) is 3.92. The third-order valence-corrected chi connectivity index (χ3v) is 5.17. The number of aryl methyl sites for hydroxylation is 1. The van der Waals surface area contributed by atoms with Gasteiger partial charge >= 0.3 is 0 Å². The van der Waals surface area contributed by atoms with Crippen molar-refractivity contribution in [2.45, 2.75) is 45.2 Å². The minimum atomic E-state index is 0.801. The molecule has 21 heavy (non-hydrogen) atoms. The largest absolute Gasteiger partial charge is 0.496 e. The van der Waals surface area contributed by atoms with Crippen molar-refractivity contribution in [2.24, 2.45) is 5.92 Å². The summed E-state index contributed by atoms with van der Waals surface area (Å²) in [7, 11) is 1.74. The normalized spacial score (nSPS) is 24.4. The summed E-state index contributed by atoms with van der Waals surface area (Å²) in [6.07, 6.45) is 5.47. The molecule has 3 nitrogen and oxygen atoms in total. The Hall–Kier alpha value is -1.06. The van der Waals surface area contributed by atoms with Gasteiger partial charge in [-0.1, -0.05) is 12.1 Å². The van der Waals surface area contributed by atoms with Crippen molar-refractivity contribution in [1.82, 2.24) is 10.2 Å². The zero-order valence-electron chi connectivity index (χ0n) is 13.4. The van der Waals surface area contributed by atoms with Crippen LogP contribution in [-0.2, 0) is 6.54 Å². The predicted octanol–water partition coefficient (Wildman–Crippen LogP) is 2.97.